The molecule has 2 aliphatic rings. The summed E-state index contributed by atoms with van der Waals surface area (Å²) < 4.78 is 5.73. The van der Waals surface area contributed by atoms with Gasteiger partial charge in [-0.2, -0.15) is 0 Å². The molecule has 110 valence electrons. The van der Waals surface area contributed by atoms with E-state index in [4.69, 9.17) is 4.74 Å². The summed E-state index contributed by atoms with van der Waals surface area (Å²) in [5.41, 5.74) is 0.0753. The Morgan fingerprint density at radius 3 is 2.75 bits per heavy atom. The van der Waals surface area contributed by atoms with Gasteiger partial charge >= 0.3 is 0 Å². The Bertz CT molecular complexity index is 450. The monoisotopic (exact) mass is 275 g/mol. The van der Waals surface area contributed by atoms with E-state index in [9.17, 15) is 5.11 Å². The molecule has 2 aliphatic heterocycles. The van der Waals surface area contributed by atoms with Gasteiger partial charge < -0.3 is 15.2 Å². The van der Waals surface area contributed by atoms with Crippen molar-refractivity contribution in [3.8, 4) is 0 Å². The van der Waals surface area contributed by atoms with Crippen LogP contribution in [0.4, 0.5) is 0 Å². The normalized spacial score (nSPS) is 36.2. The third-order valence-electron chi connectivity index (χ3n) is 4.98. The maximum atomic E-state index is 11.3. The Morgan fingerprint density at radius 1 is 1.25 bits per heavy atom. The molecular weight excluding hydrogens is 250 g/mol. The predicted octanol–water partition coefficient (Wildman–Crippen LogP) is 2.59. The molecule has 2 fully saturated rings. The number of aliphatic hydroxyl groups is 1. The van der Waals surface area contributed by atoms with Gasteiger partial charge in [0.1, 0.15) is 5.60 Å². The van der Waals surface area contributed by atoms with Crippen LogP contribution < -0.4 is 5.32 Å². The third-order valence-corrected chi connectivity index (χ3v) is 4.98. The second-order valence-corrected chi connectivity index (χ2v) is 6.27. The van der Waals surface area contributed by atoms with Crippen LogP contribution in [0.1, 0.15) is 44.6 Å². The van der Waals surface area contributed by atoms with Gasteiger partial charge in [-0.1, -0.05) is 37.3 Å². The molecule has 1 aromatic carbocycles. The van der Waals surface area contributed by atoms with Gasteiger partial charge in [-0.15, -0.1) is 0 Å². The minimum Gasteiger partial charge on any atom is -0.385 e. The first-order chi connectivity index (χ1) is 9.70. The summed E-state index contributed by atoms with van der Waals surface area (Å²) in [4.78, 5) is 0. The fourth-order valence-corrected chi connectivity index (χ4v) is 3.89. The molecule has 3 nitrogen and oxygen atoms in total. The zero-order valence-corrected chi connectivity index (χ0v) is 12.3. The zero-order chi connectivity index (χ0) is 14.1. The lowest BCUT2D eigenvalue weighted by atomic mass is 9.71. The van der Waals surface area contributed by atoms with Crippen LogP contribution in [0.25, 0.3) is 0 Å². The fourth-order valence-electron chi connectivity index (χ4n) is 3.89. The van der Waals surface area contributed by atoms with Crippen molar-refractivity contribution in [2.45, 2.75) is 56.2 Å². The van der Waals surface area contributed by atoms with E-state index in [1.807, 2.05) is 6.07 Å². The highest BCUT2D eigenvalue weighted by atomic mass is 16.5. The lowest BCUT2D eigenvalue weighted by molar-refractivity contribution is -0.124. The topological polar surface area (TPSA) is 41.5 Å². The molecule has 0 aliphatic carbocycles. The second kappa shape index (κ2) is 5.47. The Balaban J connectivity index is 1.91. The first kappa shape index (κ1) is 14.1. The number of nitrogens with one attached hydrogen (secondary N) is 1. The second-order valence-electron chi connectivity index (χ2n) is 6.27. The van der Waals surface area contributed by atoms with Gasteiger partial charge in [0.2, 0.25) is 0 Å². The molecule has 0 amide bonds. The quantitative estimate of drug-likeness (QED) is 0.812. The number of rotatable bonds is 5. The van der Waals surface area contributed by atoms with Gasteiger partial charge in [-0.3, -0.25) is 0 Å². The summed E-state index contributed by atoms with van der Waals surface area (Å²) in [5, 5.41) is 15.0. The fraction of sp³-hybridized carbons (Fsp3) is 0.647. The Hall–Kier alpha value is -0.900. The molecule has 3 unspecified atom stereocenters. The molecule has 20 heavy (non-hydrogen) atoms. The van der Waals surface area contributed by atoms with Crippen LogP contribution >= 0.6 is 0 Å². The summed E-state index contributed by atoms with van der Waals surface area (Å²) in [5.74, 6) is 0. The molecule has 2 N–H and O–H groups in total. The SMILES string of the molecule is CCCOCC1(O)CCC2CCC1(c1ccccc1)N2. The van der Waals surface area contributed by atoms with Crippen LogP contribution in [0, 0.1) is 0 Å². The number of piperidine rings is 1. The smallest absolute Gasteiger partial charge is 0.110 e. The van der Waals surface area contributed by atoms with Gasteiger partial charge in [0.15, 0.2) is 0 Å². The maximum absolute atomic E-state index is 11.3. The molecule has 0 radical (unpaired) electrons. The van der Waals surface area contributed by atoms with Crippen molar-refractivity contribution < 1.29 is 9.84 Å². The molecule has 3 atom stereocenters. The van der Waals surface area contributed by atoms with Crippen LogP contribution in [0.2, 0.25) is 0 Å². The van der Waals surface area contributed by atoms with Gasteiger partial charge in [-0.05, 0) is 37.7 Å². The van der Waals surface area contributed by atoms with Crippen molar-refractivity contribution in [2.24, 2.45) is 0 Å². The molecule has 0 saturated carbocycles. The van der Waals surface area contributed by atoms with E-state index in [1.54, 1.807) is 0 Å². The number of hydrogen-bond acceptors (Lipinski definition) is 3. The first-order valence-electron chi connectivity index (χ1n) is 7.83. The van der Waals surface area contributed by atoms with Crippen LogP contribution in [0.3, 0.4) is 0 Å². The minimum atomic E-state index is -0.795. The summed E-state index contributed by atoms with van der Waals surface area (Å²) in [6.07, 6.45) is 4.99. The lowest BCUT2D eigenvalue weighted by Gasteiger charge is -2.49. The Kier molecular flexibility index (Phi) is 3.85. The van der Waals surface area contributed by atoms with Gasteiger partial charge in [0, 0.05) is 12.6 Å². The largest absolute Gasteiger partial charge is 0.385 e. The van der Waals surface area contributed by atoms with E-state index in [1.165, 1.54) is 5.56 Å². The number of benzene rings is 1. The Labute approximate surface area is 121 Å². The maximum Gasteiger partial charge on any atom is 0.110 e. The summed E-state index contributed by atoms with van der Waals surface area (Å²) in [6, 6.07) is 10.9. The molecule has 1 aromatic rings. The van der Waals surface area contributed by atoms with Gasteiger partial charge in [-0.25, -0.2) is 0 Å². The molecule has 2 saturated heterocycles. The van der Waals surface area contributed by atoms with Crippen LogP contribution in [-0.4, -0.2) is 30.0 Å². The van der Waals surface area contributed by atoms with Crippen molar-refractivity contribution in [3.05, 3.63) is 35.9 Å². The molecule has 3 heteroatoms. The van der Waals surface area contributed by atoms with E-state index < -0.39 is 5.60 Å². The highest BCUT2D eigenvalue weighted by molar-refractivity contribution is 5.32. The summed E-state index contributed by atoms with van der Waals surface area (Å²) in [6.45, 7) is 3.24. The highest BCUT2D eigenvalue weighted by Crippen LogP contribution is 2.49. The molecule has 2 bridgehead atoms. The molecule has 0 aromatic heterocycles. The van der Waals surface area contributed by atoms with Crippen molar-refractivity contribution in [2.75, 3.05) is 13.2 Å². The van der Waals surface area contributed by atoms with Gasteiger partial charge in [0.25, 0.3) is 0 Å². The van der Waals surface area contributed by atoms with E-state index in [2.05, 4.69) is 36.5 Å². The molecule has 3 rings (SSSR count). The van der Waals surface area contributed by atoms with Crippen LogP contribution in [0.15, 0.2) is 30.3 Å². The standard InChI is InChI=1S/C17H25NO2/c1-2-12-20-13-16(19)10-8-15-9-11-17(16,18-15)14-6-4-3-5-7-14/h3-7,15,18-19H,2,8-13H2,1H3. The average molecular weight is 275 g/mol. The summed E-state index contributed by atoms with van der Waals surface area (Å²) >= 11 is 0. The van der Waals surface area contributed by atoms with Crippen LogP contribution in [0.5, 0.6) is 0 Å². The predicted molar refractivity (Wildman–Crippen MR) is 79.6 cm³/mol. The number of fused-ring (bicyclic) bond motifs is 2. The summed E-state index contributed by atoms with van der Waals surface area (Å²) in [7, 11) is 0. The minimum absolute atomic E-state index is 0.328. The van der Waals surface area contributed by atoms with E-state index in [0.717, 1.165) is 38.7 Å². The first-order valence-corrected chi connectivity index (χ1v) is 7.83. The van der Waals surface area contributed by atoms with Crippen LogP contribution in [-0.2, 0) is 10.3 Å². The molecule has 2 heterocycles. The molecular formula is C17H25NO2. The van der Waals surface area contributed by atoms with Crippen molar-refractivity contribution in [1.29, 1.82) is 0 Å². The van der Waals surface area contributed by atoms with Crippen molar-refractivity contribution >= 4 is 0 Å². The Morgan fingerprint density at radius 2 is 2.00 bits per heavy atom. The highest BCUT2D eigenvalue weighted by Gasteiger charge is 2.58. The van der Waals surface area contributed by atoms with E-state index in [0.29, 0.717) is 12.6 Å². The van der Waals surface area contributed by atoms with E-state index >= 15 is 0 Å². The van der Waals surface area contributed by atoms with Crippen molar-refractivity contribution in [3.63, 3.8) is 0 Å². The van der Waals surface area contributed by atoms with Crippen molar-refractivity contribution in [1.82, 2.24) is 5.32 Å². The number of hydrogen-bond donors (Lipinski definition) is 2. The lowest BCUT2D eigenvalue weighted by Crippen LogP contribution is -2.64. The van der Waals surface area contributed by atoms with Gasteiger partial charge in [0.05, 0.1) is 12.1 Å². The molecule has 0 spiro atoms. The van der Waals surface area contributed by atoms with E-state index in [-0.39, 0.29) is 5.54 Å². The third kappa shape index (κ3) is 2.18. The average Bonchev–Trinajstić information content (AvgIpc) is 2.87. The number of ether oxygens (including phenoxy) is 1. The zero-order valence-electron chi connectivity index (χ0n) is 12.3.